The van der Waals surface area contributed by atoms with Crippen molar-refractivity contribution in [3.63, 3.8) is 0 Å². The van der Waals surface area contributed by atoms with Crippen LogP contribution in [0.4, 0.5) is 4.39 Å². The quantitative estimate of drug-likeness (QED) is 0.792. The molecule has 0 aliphatic carbocycles. The van der Waals surface area contributed by atoms with Crippen LogP contribution in [0.1, 0.15) is 37.6 Å². The molecule has 3 nitrogen and oxygen atoms in total. The van der Waals surface area contributed by atoms with Crippen LogP contribution in [0.3, 0.4) is 0 Å². The molecule has 1 atom stereocenters. The summed E-state index contributed by atoms with van der Waals surface area (Å²) < 4.78 is 19.0. The van der Waals surface area contributed by atoms with Crippen LogP contribution < -0.4 is 10.1 Å². The molecule has 0 amide bonds. The number of carbonyl (C=O) groups excluding carboxylic acids is 1. The van der Waals surface area contributed by atoms with E-state index in [-0.39, 0.29) is 23.7 Å². The molecule has 0 bridgehead atoms. The highest BCUT2D eigenvalue weighted by molar-refractivity contribution is 6.00. The maximum atomic E-state index is 13.7. The number of likely N-dealkylation sites (N-methyl/N-ethyl adjacent to an activating group) is 1. The van der Waals surface area contributed by atoms with Crippen LogP contribution in [-0.2, 0) is 0 Å². The van der Waals surface area contributed by atoms with E-state index in [1.54, 1.807) is 13.1 Å². The lowest BCUT2D eigenvalue weighted by atomic mass is 10.0. The molecule has 1 N–H and O–H groups in total. The lowest BCUT2D eigenvalue weighted by molar-refractivity contribution is 0.0944. The zero-order valence-electron chi connectivity index (χ0n) is 11.3. The summed E-state index contributed by atoms with van der Waals surface area (Å²) in [7, 11) is 1.72. The Bertz CT molecular complexity index is 414. The van der Waals surface area contributed by atoms with Gasteiger partial charge in [0.2, 0.25) is 0 Å². The van der Waals surface area contributed by atoms with Gasteiger partial charge in [0, 0.05) is 5.56 Å². The molecule has 18 heavy (non-hydrogen) atoms. The maximum absolute atomic E-state index is 13.7. The third-order valence-electron chi connectivity index (χ3n) is 2.65. The van der Waals surface area contributed by atoms with Crippen molar-refractivity contribution in [2.45, 2.75) is 39.3 Å². The number of Topliss-reactive ketones (excluding diaryl/α,β-unsaturated/α-hetero) is 1. The molecule has 0 aliphatic heterocycles. The summed E-state index contributed by atoms with van der Waals surface area (Å²) in [5.74, 6) is -0.422. The van der Waals surface area contributed by atoms with Crippen molar-refractivity contribution < 1.29 is 13.9 Å². The summed E-state index contributed by atoms with van der Waals surface area (Å²) in [5.41, 5.74) is 0.366. The molecule has 0 fully saturated rings. The van der Waals surface area contributed by atoms with Gasteiger partial charge in [0.1, 0.15) is 0 Å². The lowest BCUT2D eigenvalue weighted by Crippen LogP contribution is -2.33. The van der Waals surface area contributed by atoms with E-state index in [1.165, 1.54) is 12.1 Å². The largest absolute Gasteiger partial charge is 0.488 e. The van der Waals surface area contributed by atoms with Gasteiger partial charge in [-0.15, -0.1) is 0 Å². The zero-order valence-corrected chi connectivity index (χ0v) is 11.3. The molecular weight excluding hydrogens is 233 g/mol. The number of carbonyl (C=O) groups is 1. The summed E-state index contributed by atoms with van der Waals surface area (Å²) in [5, 5.41) is 2.91. The zero-order chi connectivity index (χ0) is 13.7. The Morgan fingerprint density at radius 1 is 1.44 bits per heavy atom. The maximum Gasteiger partial charge on any atom is 0.179 e. The minimum absolute atomic E-state index is 0.0956. The van der Waals surface area contributed by atoms with Gasteiger partial charge in [-0.25, -0.2) is 4.39 Å². The van der Waals surface area contributed by atoms with Crippen molar-refractivity contribution in [3.05, 3.63) is 29.6 Å². The van der Waals surface area contributed by atoms with E-state index < -0.39 is 5.82 Å². The predicted molar refractivity (Wildman–Crippen MR) is 69.6 cm³/mol. The topological polar surface area (TPSA) is 38.3 Å². The molecular formula is C14H20FNO2. The van der Waals surface area contributed by atoms with Crippen LogP contribution in [0.25, 0.3) is 0 Å². The highest BCUT2D eigenvalue weighted by Crippen LogP contribution is 2.20. The second-order valence-corrected chi connectivity index (χ2v) is 4.43. The van der Waals surface area contributed by atoms with Gasteiger partial charge in [-0.1, -0.05) is 6.92 Å². The molecule has 0 aromatic heterocycles. The molecule has 0 radical (unpaired) electrons. The Hall–Kier alpha value is -1.42. The third-order valence-corrected chi connectivity index (χ3v) is 2.65. The minimum atomic E-state index is -0.500. The Balaban J connectivity index is 2.93. The smallest absolute Gasteiger partial charge is 0.179 e. The molecule has 1 aromatic rings. The molecule has 1 aromatic carbocycles. The number of benzene rings is 1. The van der Waals surface area contributed by atoms with Gasteiger partial charge in [-0.2, -0.15) is 0 Å². The number of ether oxygens (including phenoxy) is 1. The van der Waals surface area contributed by atoms with E-state index in [0.717, 1.165) is 0 Å². The second kappa shape index (κ2) is 6.50. The van der Waals surface area contributed by atoms with Gasteiger partial charge in [0.25, 0.3) is 0 Å². The van der Waals surface area contributed by atoms with Gasteiger partial charge in [0.05, 0.1) is 12.1 Å². The van der Waals surface area contributed by atoms with Crippen molar-refractivity contribution >= 4 is 5.78 Å². The molecule has 0 aliphatic rings. The van der Waals surface area contributed by atoms with Crippen molar-refractivity contribution in [3.8, 4) is 5.75 Å². The van der Waals surface area contributed by atoms with E-state index in [4.69, 9.17) is 4.74 Å². The predicted octanol–water partition coefficient (Wildman–Crippen LogP) is 2.79. The first-order chi connectivity index (χ1) is 8.49. The van der Waals surface area contributed by atoms with Crippen LogP contribution in [0.15, 0.2) is 18.2 Å². The highest BCUT2D eigenvalue weighted by atomic mass is 19.1. The molecule has 1 rings (SSSR count). The summed E-state index contributed by atoms with van der Waals surface area (Å²) in [4.78, 5) is 12.0. The Morgan fingerprint density at radius 2 is 2.11 bits per heavy atom. The fourth-order valence-electron chi connectivity index (χ4n) is 1.73. The number of hydrogen-bond acceptors (Lipinski definition) is 3. The molecule has 0 saturated carbocycles. The summed E-state index contributed by atoms with van der Waals surface area (Å²) >= 11 is 0. The second-order valence-electron chi connectivity index (χ2n) is 4.43. The van der Waals surface area contributed by atoms with Crippen molar-refractivity contribution in [2.24, 2.45) is 0 Å². The van der Waals surface area contributed by atoms with Crippen molar-refractivity contribution in [1.29, 1.82) is 0 Å². The van der Waals surface area contributed by atoms with Crippen LogP contribution in [0, 0.1) is 5.82 Å². The van der Waals surface area contributed by atoms with E-state index in [0.29, 0.717) is 12.0 Å². The molecule has 0 saturated heterocycles. The number of nitrogens with one attached hydrogen (secondary N) is 1. The Morgan fingerprint density at radius 3 is 2.56 bits per heavy atom. The Labute approximate surface area is 107 Å². The SMILES string of the molecule is CCC(NC)C(=O)c1ccc(OC(C)C)c(F)c1. The number of halogens is 1. The first kappa shape index (κ1) is 14.6. The van der Waals surface area contributed by atoms with Gasteiger partial charge in [0.15, 0.2) is 17.3 Å². The number of rotatable bonds is 6. The van der Waals surface area contributed by atoms with Crippen LogP contribution in [-0.4, -0.2) is 25.0 Å². The monoisotopic (exact) mass is 253 g/mol. The standard InChI is InChI=1S/C14H20FNO2/c1-5-12(16-4)14(17)10-6-7-13(11(15)8-10)18-9(2)3/h6-9,12,16H,5H2,1-4H3. The fraction of sp³-hybridized carbons (Fsp3) is 0.500. The normalized spacial score (nSPS) is 12.6. The minimum Gasteiger partial charge on any atom is -0.488 e. The molecule has 100 valence electrons. The van der Waals surface area contributed by atoms with Gasteiger partial charge in [-0.05, 0) is 45.5 Å². The van der Waals surface area contributed by atoms with E-state index >= 15 is 0 Å². The molecule has 0 spiro atoms. The van der Waals surface area contributed by atoms with Crippen LogP contribution in [0.2, 0.25) is 0 Å². The first-order valence-corrected chi connectivity index (χ1v) is 6.17. The van der Waals surface area contributed by atoms with Gasteiger partial charge in [-0.3, -0.25) is 4.79 Å². The fourth-order valence-corrected chi connectivity index (χ4v) is 1.73. The van der Waals surface area contributed by atoms with Crippen molar-refractivity contribution in [1.82, 2.24) is 5.32 Å². The highest BCUT2D eigenvalue weighted by Gasteiger charge is 2.18. The van der Waals surface area contributed by atoms with Crippen LogP contribution >= 0.6 is 0 Å². The van der Waals surface area contributed by atoms with Gasteiger partial charge >= 0.3 is 0 Å². The van der Waals surface area contributed by atoms with E-state index in [1.807, 2.05) is 20.8 Å². The Kier molecular flexibility index (Phi) is 5.28. The lowest BCUT2D eigenvalue weighted by Gasteiger charge is -2.14. The summed E-state index contributed by atoms with van der Waals surface area (Å²) in [6.45, 7) is 5.56. The number of ketones is 1. The molecule has 4 heteroatoms. The average molecular weight is 253 g/mol. The first-order valence-electron chi connectivity index (χ1n) is 6.17. The summed E-state index contributed by atoms with van der Waals surface area (Å²) in [6.07, 6.45) is 0.572. The number of hydrogen-bond donors (Lipinski definition) is 1. The van der Waals surface area contributed by atoms with E-state index in [9.17, 15) is 9.18 Å². The van der Waals surface area contributed by atoms with E-state index in [2.05, 4.69) is 5.32 Å². The van der Waals surface area contributed by atoms with Gasteiger partial charge < -0.3 is 10.1 Å². The van der Waals surface area contributed by atoms with Crippen LogP contribution in [0.5, 0.6) is 5.75 Å². The third kappa shape index (κ3) is 3.53. The average Bonchev–Trinajstić information content (AvgIpc) is 2.32. The summed E-state index contributed by atoms with van der Waals surface area (Å²) in [6, 6.07) is 4.06. The molecule has 0 heterocycles. The molecule has 1 unspecified atom stereocenters. The van der Waals surface area contributed by atoms with Crippen molar-refractivity contribution in [2.75, 3.05) is 7.05 Å².